The zero-order valence-corrected chi connectivity index (χ0v) is 16.8. The minimum Gasteiger partial charge on any atom is -0.462 e. The van der Waals surface area contributed by atoms with E-state index in [0.29, 0.717) is 12.3 Å². The van der Waals surface area contributed by atoms with Gasteiger partial charge in [-0.2, -0.15) is 0 Å². The van der Waals surface area contributed by atoms with E-state index in [0.717, 1.165) is 53.5 Å². The summed E-state index contributed by atoms with van der Waals surface area (Å²) >= 11 is 1.76. The van der Waals surface area contributed by atoms with Crippen LogP contribution in [-0.4, -0.2) is 28.3 Å². The molecule has 27 heavy (non-hydrogen) atoms. The third-order valence-electron chi connectivity index (χ3n) is 3.74. The normalized spacial score (nSPS) is 11.4. The van der Waals surface area contributed by atoms with Crippen molar-refractivity contribution in [3.63, 3.8) is 0 Å². The van der Waals surface area contributed by atoms with Crippen LogP contribution in [-0.2, 0) is 9.53 Å². The van der Waals surface area contributed by atoms with Gasteiger partial charge in [-0.05, 0) is 38.5 Å². The summed E-state index contributed by atoms with van der Waals surface area (Å²) in [5.74, 6) is 1.43. The van der Waals surface area contributed by atoms with Crippen LogP contribution in [0.25, 0.3) is 11.4 Å². The van der Waals surface area contributed by atoms with Crippen LogP contribution in [0, 0.1) is 6.92 Å². The molecule has 0 saturated carbocycles. The van der Waals surface area contributed by atoms with Gasteiger partial charge in [0.2, 0.25) is 0 Å². The van der Waals surface area contributed by atoms with Gasteiger partial charge in [0, 0.05) is 23.0 Å². The highest BCUT2D eigenvalue weighted by Crippen LogP contribution is 2.22. The Kier molecular flexibility index (Phi) is 8.84. The van der Waals surface area contributed by atoms with Crippen LogP contribution in [0.5, 0.6) is 0 Å². The number of rotatable bonds is 10. The molecule has 0 fully saturated rings. The molecule has 6 heteroatoms. The molecule has 0 aliphatic rings. The van der Waals surface area contributed by atoms with Crippen LogP contribution < -0.4 is 5.73 Å². The Morgan fingerprint density at radius 1 is 1.15 bits per heavy atom. The molecule has 1 aromatic carbocycles. The van der Waals surface area contributed by atoms with Crippen molar-refractivity contribution in [1.29, 1.82) is 0 Å². The van der Waals surface area contributed by atoms with Gasteiger partial charge < -0.3 is 10.5 Å². The molecular weight excluding hydrogens is 358 g/mol. The predicted molar refractivity (Wildman–Crippen MR) is 110 cm³/mol. The maximum atomic E-state index is 11.3. The third-order valence-corrected chi connectivity index (χ3v) is 4.74. The number of carbonyl (C=O) groups excluding carboxylic acids is 1. The lowest BCUT2D eigenvalue weighted by Crippen LogP contribution is -2.05. The highest BCUT2D eigenvalue weighted by molar-refractivity contribution is 7.99. The summed E-state index contributed by atoms with van der Waals surface area (Å²) in [6.45, 7) is 4.11. The molecule has 2 N–H and O–H groups in total. The van der Waals surface area contributed by atoms with Crippen molar-refractivity contribution in [2.75, 3.05) is 12.4 Å². The van der Waals surface area contributed by atoms with E-state index in [1.165, 1.54) is 6.08 Å². The molecule has 2 aromatic rings. The minimum atomic E-state index is -0.362. The Bertz CT molecular complexity index is 759. The number of aromatic nitrogens is 2. The van der Waals surface area contributed by atoms with E-state index < -0.39 is 0 Å². The van der Waals surface area contributed by atoms with Crippen LogP contribution in [0.15, 0.2) is 53.2 Å². The quantitative estimate of drug-likeness (QED) is 0.213. The fraction of sp³-hybridized carbons (Fsp3) is 0.381. The second-order valence-electron chi connectivity index (χ2n) is 6.36. The number of hydrogen-bond acceptors (Lipinski definition) is 6. The molecule has 0 radical (unpaired) electrons. The first-order valence-electron chi connectivity index (χ1n) is 9.19. The van der Waals surface area contributed by atoms with Crippen LogP contribution in [0.1, 0.15) is 38.3 Å². The summed E-state index contributed by atoms with van der Waals surface area (Å²) in [4.78, 5) is 20.5. The number of nitrogens with two attached hydrogens (primary N) is 1. The number of aryl methyl sites for hydroxylation is 1. The molecule has 144 valence electrons. The van der Waals surface area contributed by atoms with Crippen molar-refractivity contribution in [3.05, 3.63) is 53.9 Å². The lowest BCUT2D eigenvalue weighted by molar-refractivity contribution is -0.137. The first-order chi connectivity index (χ1) is 13.0. The van der Waals surface area contributed by atoms with Crippen molar-refractivity contribution in [1.82, 2.24) is 9.97 Å². The maximum Gasteiger partial charge on any atom is 0.332 e. The highest BCUT2D eigenvalue weighted by atomic mass is 32.2. The number of thioether (sulfide) groups is 1. The van der Waals surface area contributed by atoms with Gasteiger partial charge >= 0.3 is 5.97 Å². The lowest BCUT2D eigenvalue weighted by atomic mass is 10.2. The summed E-state index contributed by atoms with van der Waals surface area (Å²) in [5.41, 5.74) is 7.91. The van der Waals surface area contributed by atoms with Gasteiger partial charge in [0.05, 0.1) is 6.61 Å². The molecule has 0 aliphatic heterocycles. The smallest absolute Gasteiger partial charge is 0.332 e. The highest BCUT2D eigenvalue weighted by Gasteiger charge is 2.05. The SMILES string of the molecule is CC(N)=CC(=O)OCCCCCCSc1cc(C)nc(-c2ccccc2)n1. The molecule has 0 atom stereocenters. The average Bonchev–Trinajstić information content (AvgIpc) is 2.63. The zero-order valence-electron chi connectivity index (χ0n) is 16.0. The molecule has 5 nitrogen and oxygen atoms in total. The first kappa shape index (κ1) is 21.0. The summed E-state index contributed by atoms with van der Waals surface area (Å²) in [7, 11) is 0. The molecule has 0 saturated heterocycles. The molecule has 0 spiro atoms. The fourth-order valence-corrected chi connectivity index (χ4v) is 3.43. The molecule has 0 unspecified atom stereocenters. The van der Waals surface area contributed by atoms with E-state index in [1.807, 2.05) is 43.3 Å². The second kappa shape index (κ2) is 11.4. The van der Waals surface area contributed by atoms with E-state index in [-0.39, 0.29) is 5.97 Å². The Morgan fingerprint density at radius 2 is 1.89 bits per heavy atom. The maximum absolute atomic E-state index is 11.3. The summed E-state index contributed by atoms with van der Waals surface area (Å²) in [6.07, 6.45) is 5.43. The van der Waals surface area contributed by atoms with Gasteiger partial charge in [0.25, 0.3) is 0 Å². The number of benzene rings is 1. The molecule has 0 aliphatic carbocycles. The van der Waals surface area contributed by atoms with Crippen molar-refractivity contribution in [2.45, 2.75) is 44.6 Å². The topological polar surface area (TPSA) is 78.1 Å². The van der Waals surface area contributed by atoms with E-state index in [1.54, 1.807) is 18.7 Å². The number of nitrogens with zero attached hydrogens (tertiary/aromatic N) is 2. The number of allylic oxidation sites excluding steroid dienone is 1. The Balaban J connectivity index is 1.67. The van der Waals surface area contributed by atoms with Crippen molar-refractivity contribution in [2.24, 2.45) is 5.73 Å². The standard InChI is InChI=1S/C21H27N3O2S/c1-16(22)14-20(25)26-12-8-3-4-9-13-27-19-15-17(2)23-21(24-19)18-10-6-5-7-11-18/h5-7,10-11,14-15H,3-4,8-9,12-13,22H2,1-2H3. The molecule has 1 aromatic heterocycles. The largest absolute Gasteiger partial charge is 0.462 e. The van der Waals surface area contributed by atoms with E-state index >= 15 is 0 Å². The van der Waals surface area contributed by atoms with Crippen LogP contribution in [0.3, 0.4) is 0 Å². The Morgan fingerprint density at radius 3 is 2.63 bits per heavy atom. The number of hydrogen-bond donors (Lipinski definition) is 1. The van der Waals surface area contributed by atoms with Gasteiger partial charge in [0.15, 0.2) is 5.82 Å². The molecule has 0 amide bonds. The van der Waals surface area contributed by atoms with E-state index in [9.17, 15) is 4.79 Å². The molecule has 0 bridgehead atoms. The number of esters is 1. The fourth-order valence-electron chi connectivity index (χ4n) is 2.46. The average molecular weight is 386 g/mol. The van der Waals surface area contributed by atoms with E-state index in [2.05, 4.69) is 9.97 Å². The minimum absolute atomic E-state index is 0.362. The van der Waals surface area contributed by atoms with Crippen LogP contribution >= 0.6 is 11.8 Å². The number of ether oxygens (including phenoxy) is 1. The van der Waals surface area contributed by atoms with Gasteiger partial charge in [-0.25, -0.2) is 14.8 Å². The Hall–Kier alpha value is -2.34. The molecular formula is C21H27N3O2S. The summed E-state index contributed by atoms with van der Waals surface area (Å²) in [6, 6.07) is 12.1. The van der Waals surface area contributed by atoms with Crippen molar-refractivity contribution < 1.29 is 9.53 Å². The number of unbranched alkanes of at least 4 members (excludes halogenated alkanes) is 3. The predicted octanol–water partition coefficient (Wildman–Crippen LogP) is 4.51. The second-order valence-corrected chi connectivity index (χ2v) is 7.47. The number of carbonyl (C=O) groups is 1. The van der Waals surface area contributed by atoms with Crippen molar-refractivity contribution >= 4 is 17.7 Å². The van der Waals surface area contributed by atoms with Gasteiger partial charge in [-0.15, -0.1) is 11.8 Å². The van der Waals surface area contributed by atoms with Crippen LogP contribution in [0.2, 0.25) is 0 Å². The van der Waals surface area contributed by atoms with Gasteiger partial charge in [0.1, 0.15) is 5.03 Å². The van der Waals surface area contributed by atoms with Gasteiger partial charge in [-0.3, -0.25) is 0 Å². The van der Waals surface area contributed by atoms with Crippen molar-refractivity contribution in [3.8, 4) is 11.4 Å². The first-order valence-corrected chi connectivity index (χ1v) is 10.2. The summed E-state index contributed by atoms with van der Waals surface area (Å²) in [5, 5.41) is 1.01. The van der Waals surface area contributed by atoms with E-state index in [4.69, 9.17) is 10.5 Å². The van der Waals surface area contributed by atoms with Crippen LogP contribution in [0.4, 0.5) is 0 Å². The van der Waals surface area contributed by atoms with Gasteiger partial charge in [-0.1, -0.05) is 43.2 Å². The molecule has 2 rings (SSSR count). The zero-order chi connectivity index (χ0) is 19.5. The third kappa shape index (κ3) is 8.26. The monoisotopic (exact) mass is 385 g/mol. The lowest BCUT2D eigenvalue weighted by Gasteiger charge is -2.06. The molecule has 1 heterocycles. The Labute approximate surface area is 165 Å². The summed E-state index contributed by atoms with van der Waals surface area (Å²) < 4.78 is 5.08.